The first-order valence-electron chi connectivity index (χ1n) is 4.19. The lowest BCUT2D eigenvalue weighted by molar-refractivity contribution is 1.23. The van der Waals surface area contributed by atoms with Crippen LogP contribution in [0, 0.1) is 27.7 Å². The van der Waals surface area contributed by atoms with Crippen LogP contribution in [-0.4, -0.2) is 7.85 Å². The van der Waals surface area contributed by atoms with Gasteiger partial charge in [0.25, 0.3) is 0 Å². The van der Waals surface area contributed by atoms with Crippen molar-refractivity contribution in [3.8, 4) is 0 Å². The molecule has 0 fully saturated rings. The Balaban J connectivity index is 3.60. The predicted octanol–water partition coefficient (Wildman–Crippen LogP) is 1.94. The molecule has 1 aromatic rings. The highest BCUT2D eigenvalue weighted by Crippen LogP contribution is 2.24. The van der Waals surface area contributed by atoms with Gasteiger partial charge in [0.2, 0.25) is 0 Å². The standard InChI is InChI=1S/C10H14BBr/c1-5-6(2)9(11)8(4)10(12)7(5)3/h11H2,1-4H3. The highest BCUT2D eigenvalue weighted by Gasteiger charge is 2.08. The molecule has 1 aromatic carbocycles. The van der Waals surface area contributed by atoms with Crippen LogP contribution in [0.1, 0.15) is 22.3 Å². The minimum absolute atomic E-state index is 1.27. The summed E-state index contributed by atoms with van der Waals surface area (Å²) in [6.45, 7) is 8.71. The average molecular weight is 225 g/mol. The van der Waals surface area contributed by atoms with Gasteiger partial charge >= 0.3 is 0 Å². The second-order valence-corrected chi connectivity index (χ2v) is 4.23. The quantitative estimate of drug-likeness (QED) is 0.592. The molecule has 0 aliphatic heterocycles. The fourth-order valence-corrected chi connectivity index (χ4v) is 2.05. The molecule has 12 heavy (non-hydrogen) atoms. The van der Waals surface area contributed by atoms with Gasteiger partial charge in [-0.05, 0) is 44.4 Å². The van der Waals surface area contributed by atoms with E-state index in [9.17, 15) is 0 Å². The summed E-state index contributed by atoms with van der Waals surface area (Å²) in [5.41, 5.74) is 6.98. The molecule has 0 bridgehead atoms. The Kier molecular flexibility index (Phi) is 2.67. The molecule has 0 aliphatic rings. The van der Waals surface area contributed by atoms with Gasteiger partial charge < -0.3 is 0 Å². The molecule has 2 heteroatoms. The Morgan fingerprint density at radius 2 is 1.33 bits per heavy atom. The molecule has 0 amide bonds. The Morgan fingerprint density at radius 1 is 0.833 bits per heavy atom. The third-order valence-electron chi connectivity index (χ3n) is 2.91. The van der Waals surface area contributed by atoms with Crippen LogP contribution in [0.2, 0.25) is 0 Å². The molecule has 0 aliphatic carbocycles. The van der Waals surface area contributed by atoms with Gasteiger partial charge in [-0.1, -0.05) is 27.0 Å². The largest absolute Gasteiger partial charge is 0.140 e. The number of rotatable bonds is 0. The van der Waals surface area contributed by atoms with Gasteiger partial charge in [-0.25, -0.2) is 0 Å². The molecule has 0 atom stereocenters. The molecular formula is C10H14BBr. The van der Waals surface area contributed by atoms with E-state index in [4.69, 9.17) is 0 Å². The van der Waals surface area contributed by atoms with E-state index in [1.807, 2.05) is 0 Å². The van der Waals surface area contributed by atoms with Gasteiger partial charge in [0, 0.05) is 4.47 Å². The van der Waals surface area contributed by atoms with E-state index in [0.717, 1.165) is 0 Å². The summed E-state index contributed by atoms with van der Waals surface area (Å²) in [4.78, 5) is 0. The van der Waals surface area contributed by atoms with Crippen molar-refractivity contribution in [2.45, 2.75) is 27.7 Å². The topological polar surface area (TPSA) is 0 Å². The van der Waals surface area contributed by atoms with Crippen LogP contribution in [0.3, 0.4) is 0 Å². The highest BCUT2D eigenvalue weighted by molar-refractivity contribution is 9.10. The lowest BCUT2D eigenvalue weighted by Gasteiger charge is -2.14. The van der Waals surface area contributed by atoms with Crippen molar-refractivity contribution in [1.82, 2.24) is 0 Å². The molecule has 0 nitrogen and oxygen atoms in total. The summed E-state index contributed by atoms with van der Waals surface area (Å²) in [5, 5.41) is 0. The molecule has 0 unspecified atom stereocenters. The van der Waals surface area contributed by atoms with Crippen LogP contribution in [-0.2, 0) is 0 Å². The summed E-state index contributed by atoms with van der Waals surface area (Å²) in [5.74, 6) is 0. The third kappa shape index (κ3) is 1.33. The Hall–Kier alpha value is -0.235. The monoisotopic (exact) mass is 224 g/mol. The first-order valence-corrected chi connectivity index (χ1v) is 4.98. The Labute approximate surface area is 83.9 Å². The molecule has 0 saturated heterocycles. The van der Waals surface area contributed by atoms with Crippen molar-refractivity contribution in [3.05, 3.63) is 26.7 Å². The van der Waals surface area contributed by atoms with Crippen molar-refractivity contribution < 1.29 is 0 Å². The third-order valence-corrected chi connectivity index (χ3v) is 4.10. The zero-order valence-corrected chi connectivity index (χ0v) is 9.96. The van der Waals surface area contributed by atoms with E-state index in [2.05, 4.69) is 51.5 Å². The first kappa shape index (κ1) is 9.85. The fourth-order valence-electron chi connectivity index (χ4n) is 1.45. The average Bonchev–Trinajstić information content (AvgIpc) is 2.08. The number of halogens is 1. The molecule has 0 saturated carbocycles. The minimum atomic E-state index is 1.27. The molecule has 1 rings (SSSR count). The molecular weight excluding hydrogens is 211 g/mol. The van der Waals surface area contributed by atoms with Crippen molar-refractivity contribution in [2.24, 2.45) is 0 Å². The summed E-state index contributed by atoms with van der Waals surface area (Å²) < 4.78 is 1.27. The van der Waals surface area contributed by atoms with Crippen LogP contribution in [0.25, 0.3) is 0 Å². The number of hydrogen-bond acceptors (Lipinski definition) is 0. The van der Waals surface area contributed by atoms with Gasteiger partial charge in [-0.3, -0.25) is 0 Å². The van der Waals surface area contributed by atoms with E-state index >= 15 is 0 Å². The molecule has 0 aromatic heterocycles. The van der Waals surface area contributed by atoms with Gasteiger partial charge in [0.05, 0.1) is 0 Å². The first-order chi connectivity index (χ1) is 5.46. The van der Waals surface area contributed by atoms with Gasteiger partial charge in [0.1, 0.15) is 7.85 Å². The number of benzene rings is 1. The molecule has 0 radical (unpaired) electrons. The smallest absolute Gasteiger partial charge is 0.0819 e. The van der Waals surface area contributed by atoms with E-state index in [-0.39, 0.29) is 0 Å². The van der Waals surface area contributed by atoms with Gasteiger partial charge in [-0.15, -0.1) is 0 Å². The summed E-state index contributed by atoms with van der Waals surface area (Å²) >= 11 is 3.61. The van der Waals surface area contributed by atoms with Crippen LogP contribution in [0.4, 0.5) is 0 Å². The van der Waals surface area contributed by atoms with E-state index in [0.29, 0.717) is 0 Å². The fraction of sp³-hybridized carbons (Fsp3) is 0.400. The summed E-state index contributed by atoms with van der Waals surface area (Å²) in [6, 6.07) is 0. The van der Waals surface area contributed by atoms with E-state index < -0.39 is 0 Å². The van der Waals surface area contributed by atoms with Crippen LogP contribution in [0.15, 0.2) is 4.47 Å². The predicted molar refractivity (Wildman–Crippen MR) is 61.3 cm³/mol. The second-order valence-electron chi connectivity index (χ2n) is 3.44. The second kappa shape index (κ2) is 3.25. The lowest BCUT2D eigenvalue weighted by Crippen LogP contribution is -2.15. The Bertz CT molecular complexity index is 224. The van der Waals surface area contributed by atoms with E-state index in [1.165, 1.54) is 32.2 Å². The van der Waals surface area contributed by atoms with Crippen molar-refractivity contribution >= 4 is 29.2 Å². The van der Waals surface area contributed by atoms with Crippen LogP contribution >= 0.6 is 15.9 Å². The maximum Gasteiger partial charge on any atom is 0.140 e. The van der Waals surface area contributed by atoms with Crippen LogP contribution in [0.5, 0.6) is 0 Å². The zero-order chi connectivity index (χ0) is 9.46. The van der Waals surface area contributed by atoms with Crippen molar-refractivity contribution in [2.75, 3.05) is 0 Å². The molecule has 64 valence electrons. The SMILES string of the molecule is Bc1c(C)c(C)c(C)c(Br)c1C. The Morgan fingerprint density at radius 3 is 1.83 bits per heavy atom. The van der Waals surface area contributed by atoms with Gasteiger partial charge in [0.15, 0.2) is 0 Å². The molecule has 0 spiro atoms. The summed E-state index contributed by atoms with van der Waals surface area (Å²) in [7, 11) is 2.18. The maximum absolute atomic E-state index is 3.61. The molecule has 0 N–H and O–H groups in total. The highest BCUT2D eigenvalue weighted by atomic mass is 79.9. The lowest BCUT2D eigenvalue weighted by atomic mass is 9.83. The van der Waals surface area contributed by atoms with Crippen LogP contribution < -0.4 is 5.46 Å². The van der Waals surface area contributed by atoms with Gasteiger partial charge in [-0.2, -0.15) is 0 Å². The number of hydrogen-bond donors (Lipinski definition) is 0. The van der Waals surface area contributed by atoms with Crippen molar-refractivity contribution in [1.29, 1.82) is 0 Å². The summed E-state index contributed by atoms with van der Waals surface area (Å²) in [6.07, 6.45) is 0. The van der Waals surface area contributed by atoms with E-state index in [1.54, 1.807) is 0 Å². The molecule has 0 heterocycles. The normalized spacial score (nSPS) is 10.4. The maximum atomic E-state index is 3.61. The van der Waals surface area contributed by atoms with Crippen molar-refractivity contribution in [3.63, 3.8) is 0 Å². The minimum Gasteiger partial charge on any atom is -0.0819 e. The zero-order valence-electron chi connectivity index (χ0n) is 8.38.